The van der Waals surface area contributed by atoms with E-state index in [-0.39, 0.29) is 11.9 Å². The van der Waals surface area contributed by atoms with Crippen molar-refractivity contribution in [1.29, 1.82) is 0 Å². The smallest absolute Gasteiger partial charge is 0.137 e. The molecule has 1 saturated heterocycles. The first kappa shape index (κ1) is 14.9. The van der Waals surface area contributed by atoms with Gasteiger partial charge in [0.05, 0.1) is 4.47 Å². The summed E-state index contributed by atoms with van der Waals surface area (Å²) in [6, 6.07) is 6.05. The van der Waals surface area contributed by atoms with Crippen LogP contribution in [0.5, 0.6) is 0 Å². The van der Waals surface area contributed by atoms with Crippen LogP contribution in [0.25, 0.3) is 0 Å². The molecular weight excluding hydrogens is 307 g/mol. The molecule has 0 aliphatic carbocycles. The third kappa shape index (κ3) is 3.36. The molecule has 4 heteroatoms. The van der Waals surface area contributed by atoms with Gasteiger partial charge in [-0.2, -0.15) is 0 Å². The summed E-state index contributed by atoms with van der Waals surface area (Å²) in [5.74, 6) is -0.217. The third-order valence-corrected chi connectivity index (χ3v) is 4.70. The molecule has 0 aromatic heterocycles. The zero-order valence-corrected chi connectivity index (χ0v) is 13.0. The van der Waals surface area contributed by atoms with E-state index in [4.69, 9.17) is 5.73 Å². The lowest BCUT2D eigenvalue weighted by Gasteiger charge is -2.41. The number of hydrogen-bond donors (Lipinski definition) is 1. The van der Waals surface area contributed by atoms with E-state index in [0.29, 0.717) is 17.1 Å². The fourth-order valence-electron chi connectivity index (χ4n) is 3.05. The maximum atomic E-state index is 13.4. The van der Waals surface area contributed by atoms with Gasteiger partial charge in [-0.25, -0.2) is 4.39 Å². The van der Waals surface area contributed by atoms with Crippen LogP contribution in [0.2, 0.25) is 0 Å². The molecule has 2 rings (SSSR count). The van der Waals surface area contributed by atoms with Gasteiger partial charge in [-0.1, -0.05) is 19.4 Å². The SMILES string of the molecule is CCC1CCCCN1C(CN)c1ccc(F)c(Br)c1. The van der Waals surface area contributed by atoms with Gasteiger partial charge in [0.1, 0.15) is 5.82 Å². The van der Waals surface area contributed by atoms with E-state index >= 15 is 0 Å². The molecule has 2 unspecified atom stereocenters. The van der Waals surface area contributed by atoms with Gasteiger partial charge in [-0.3, -0.25) is 4.90 Å². The molecule has 0 amide bonds. The predicted molar refractivity (Wildman–Crippen MR) is 80.5 cm³/mol. The Kier molecular flexibility index (Phi) is 5.37. The lowest BCUT2D eigenvalue weighted by atomic mass is 9.95. The Balaban J connectivity index is 2.24. The largest absolute Gasteiger partial charge is 0.329 e. The summed E-state index contributed by atoms with van der Waals surface area (Å²) < 4.78 is 13.9. The van der Waals surface area contributed by atoms with E-state index in [1.807, 2.05) is 12.1 Å². The summed E-state index contributed by atoms with van der Waals surface area (Å²) in [5, 5.41) is 0. The second kappa shape index (κ2) is 6.82. The van der Waals surface area contributed by atoms with Gasteiger partial charge in [0.2, 0.25) is 0 Å². The number of nitrogens with two attached hydrogens (primary N) is 1. The molecule has 2 N–H and O–H groups in total. The standard InChI is InChI=1S/C15H22BrFN2/c1-2-12-5-3-4-8-19(12)15(10-18)11-6-7-14(17)13(16)9-11/h6-7,9,12,15H,2-5,8,10,18H2,1H3. The van der Waals surface area contributed by atoms with Crippen LogP contribution >= 0.6 is 15.9 Å². The van der Waals surface area contributed by atoms with Gasteiger partial charge in [-0.05, 0) is 59.4 Å². The van der Waals surface area contributed by atoms with Crippen LogP contribution < -0.4 is 5.73 Å². The average molecular weight is 329 g/mol. The molecule has 2 atom stereocenters. The summed E-state index contributed by atoms with van der Waals surface area (Å²) in [4.78, 5) is 2.50. The van der Waals surface area contributed by atoms with Gasteiger partial charge in [0.15, 0.2) is 0 Å². The zero-order chi connectivity index (χ0) is 13.8. The number of likely N-dealkylation sites (tertiary alicyclic amines) is 1. The van der Waals surface area contributed by atoms with Crippen LogP contribution in [-0.2, 0) is 0 Å². The Bertz CT molecular complexity index is 425. The second-order valence-corrected chi connectivity index (χ2v) is 6.08. The number of piperidine rings is 1. The first-order chi connectivity index (χ1) is 9.17. The minimum Gasteiger partial charge on any atom is -0.329 e. The number of benzene rings is 1. The maximum absolute atomic E-state index is 13.4. The van der Waals surface area contributed by atoms with Gasteiger partial charge in [-0.15, -0.1) is 0 Å². The molecule has 1 heterocycles. The number of halogens is 2. The molecular formula is C15H22BrFN2. The molecule has 2 nitrogen and oxygen atoms in total. The van der Waals surface area contributed by atoms with Crippen LogP contribution in [0.3, 0.4) is 0 Å². The van der Waals surface area contributed by atoms with E-state index in [9.17, 15) is 4.39 Å². The Morgan fingerprint density at radius 2 is 2.26 bits per heavy atom. The van der Waals surface area contributed by atoms with Crippen LogP contribution in [-0.4, -0.2) is 24.0 Å². The van der Waals surface area contributed by atoms with Crippen molar-refractivity contribution in [3.63, 3.8) is 0 Å². The van der Waals surface area contributed by atoms with Crippen molar-refractivity contribution in [2.75, 3.05) is 13.1 Å². The Morgan fingerprint density at radius 3 is 2.89 bits per heavy atom. The summed E-state index contributed by atoms with van der Waals surface area (Å²) in [6.07, 6.45) is 4.93. The molecule has 106 valence electrons. The highest BCUT2D eigenvalue weighted by Crippen LogP contribution is 2.31. The Morgan fingerprint density at radius 1 is 1.47 bits per heavy atom. The van der Waals surface area contributed by atoms with E-state index in [1.54, 1.807) is 0 Å². The third-order valence-electron chi connectivity index (χ3n) is 4.10. The summed E-state index contributed by atoms with van der Waals surface area (Å²) >= 11 is 3.27. The van der Waals surface area contributed by atoms with Crippen molar-refractivity contribution < 1.29 is 4.39 Å². The van der Waals surface area contributed by atoms with Crippen molar-refractivity contribution >= 4 is 15.9 Å². The van der Waals surface area contributed by atoms with Crippen LogP contribution in [0.1, 0.15) is 44.2 Å². The molecule has 1 aromatic carbocycles. The van der Waals surface area contributed by atoms with Crippen LogP contribution in [0, 0.1) is 5.82 Å². The molecule has 0 bridgehead atoms. The first-order valence-electron chi connectivity index (χ1n) is 7.08. The van der Waals surface area contributed by atoms with E-state index < -0.39 is 0 Å². The zero-order valence-electron chi connectivity index (χ0n) is 11.4. The number of hydrogen-bond acceptors (Lipinski definition) is 2. The van der Waals surface area contributed by atoms with Gasteiger partial charge >= 0.3 is 0 Å². The van der Waals surface area contributed by atoms with Crippen molar-refractivity contribution in [2.24, 2.45) is 5.73 Å². The minimum atomic E-state index is -0.217. The van der Waals surface area contributed by atoms with E-state index in [1.165, 1.54) is 25.3 Å². The van der Waals surface area contributed by atoms with Crippen molar-refractivity contribution in [2.45, 2.75) is 44.7 Å². The minimum absolute atomic E-state index is 0.196. The summed E-state index contributed by atoms with van der Waals surface area (Å²) in [5.41, 5.74) is 7.10. The van der Waals surface area contributed by atoms with E-state index in [0.717, 1.165) is 18.5 Å². The molecule has 1 aromatic rings. The highest BCUT2D eigenvalue weighted by atomic mass is 79.9. The molecule has 1 fully saturated rings. The van der Waals surface area contributed by atoms with Crippen LogP contribution in [0.15, 0.2) is 22.7 Å². The van der Waals surface area contributed by atoms with Gasteiger partial charge in [0, 0.05) is 18.6 Å². The molecule has 0 radical (unpaired) electrons. The van der Waals surface area contributed by atoms with Crippen molar-refractivity contribution in [1.82, 2.24) is 4.90 Å². The summed E-state index contributed by atoms with van der Waals surface area (Å²) in [6.45, 7) is 3.90. The monoisotopic (exact) mass is 328 g/mol. The van der Waals surface area contributed by atoms with Crippen molar-refractivity contribution in [3.05, 3.63) is 34.1 Å². The molecule has 1 aliphatic heterocycles. The highest BCUT2D eigenvalue weighted by Gasteiger charge is 2.28. The van der Waals surface area contributed by atoms with E-state index in [2.05, 4.69) is 27.8 Å². The highest BCUT2D eigenvalue weighted by molar-refractivity contribution is 9.10. The average Bonchev–Trinajstić information content (AvgIpc) is 2.44. The molecule has 1 aliphatic rings. The fraction of sp³-hybridized carbons (Fsp3) is 0.600. The maximum Gasteiger partial charge on any atom is 0.137 e. The predicted octanol–water partition coefficient (Wildman–Crippen LogP) is 3.85. The van der Waals surface area contributed by atoms with Crippen LogP contribution in [0.4, 0.5) is 4.39 Å². The normalized spacial score (nSPS) is 22.4. The number of nitrogens with zero attached hydrogens (tertiary/aromatic N) is 1. The van der Waals surface area contributed by atoms with Gasteiger partial charge in [0.25, 0.3) is 0 Å². The Labute approximate surface area is 123 Å². The topological polar surface area (TPSA) is 29.3 Å². The molecule has 0 spiro atoms. The van der Waals surface area contributed by atoms with Gasteiger partial charge < -0.3 is 5.73 Å². The first-order valence-corrected chi connectivity index (χ1v) is 7.87. The van der Waals surface area contributed by atoms with Crippen molar-refractivity contribution in [3.8, 4) is 0 Å². The molecule has 0 saturated carbocycles. The number of rotatable bonds is 4. The molecule has 19 heavy (non-hydrogen) atoms. The fourth-order valence-corrected chi connectivity index (χ4v) is 3.45. The lowest BCUT2D eigenvalue weighted by molar-refractivity contribution is 0.0948. The summed E-state index contributed by atoms with van der Waals surface area (Å²) in [7, 11) is 0. The Hall–Kier alpha value is -0.450. The quantitative estimate of drug-likeness (QED) is 0.909. The lowest BCUT2D eigenvalue weighted by Crippen LogP contribution is -2.44. The second-order valence-electron chi connectivity index (χ2n) is 5.22.